The summed E-state index contributed by atoms with van der Waals surface area (Å²) < 4.78 is 40.8. The van der Waals surface area contributed by atoms with E-state index in [1.165, 1.54) is 12.1 Å². The zero-order valence-corrected chi connectivity index (χ0v) is 22.9. The number of carbonyl (C=O) groups excluding carboxylic acids is 2. The Morgan fingerprint density at radius 2 is 1.73 bits per heavy atom. The van der Waals surface area contributed by atoms with E-state index < -0.39 is 23.3 Å². The number of piperidine rings is 1. The maximum absolute atomic E-state index is 13.3. The van der Waals surface area contributed by atoms with Gasteiger partial charge in [0.05, 0.1) is 5.54 Å². The Bertz CT molecular complexity index is 1380. The third-order valence-electron chi connectivity index (χ3n) is 7.91. The van der Waals surface area contributed by atoms with E-state index >= 15 is 0 Å². The van der Waals surface area contributed by atoms with Gasteiger partial charge in [0.1, 0.15) is 17.0 Å². The first kappa shape index (κ1) is 30.0. The number of carbonyl (C=O) groups is 3. The highest BCUT2D eigenvalue weighted by Gasteiger charge is 2.41. The molecular weight excluding hydrogens is 539 g/mol. The summed E-state index contributed by atoms with van der Waals surface area (Å²) in [6, 6.07) is 11.4. The molecular formula is C29H34F3N5O4. The zero-order valence-electron chi connectivity index (χ0n) is 22.9. The van der Waals surface area contributed by atoms with E-state index in [2.05, 4.69) is 34.4 Å². The smallest absolute Gasteiger partial charge is 0.431 e. The van der Waals surface area contributed by atoms with E-state index in [4.69, 9.17) is 9.90 Å². The van der Waals surface area contributed by atoms with Gasteiger partial charge in [-0.05, 0) is 88.9 Å². The standard InChI is InChI=1S/C28H32F3N5O2.CH2O2/c1-18(2)35-15-11-19(12-16-35)25(37)34-27(13-4-14-27)20-7-9-21(10-8-20)32-26(38)22-17-36-23(28(29,30)31)5-3-6-24(36)33-22;2-1-3/h3,5-10,17-19H,4,11-16H2,1-2H3,(H,32,38)(H,34,37);1H,(H,2,3). The number of anilines is 1. The molecule has 1 saturated carbocycles. The number of alkyl halides is 3. The summed E-state index contributed by atoms with van der Waals surface area (Å²) in [6.07, 6.45) is 0.986. The van der Waals surface area contributed by atoms with E-state index in [0.29, 0.717) is 11.7 Å². The number of nitrogens with zero attached hydrogens (tertiary/aromatic N) is 3. The highest BCUT2D eigenvalue weighted by molar-refractivity contribution is 6.03. The number of halogens is 3. The molecule has 1 aliphatic heterocycles. The van der Waals surface area contributed by atoms with Crippen LogP contribution in [0.4, 0.5) is 18.9 Å². The zero-order chi connectivity index (χ0) is 29.8. The van der Waals surface area contributed by atoms with Gasteiger partial charge in [-0.3, -0.25) is 18.8 Å². The fraction of sp³-hybridized carbons (Fsp3) is 0.448. The molecule has 1 aromatic carbocycles. The Balaban J connectivity index is 0.00000124. The molecule has 2 aliphatic rings. The normalized spacial score (nSPS) is 17.3. The minimum Gasteiger partial charge on any atom is -0.483 e. The fourth-order valence-corrected chi connectivity index (χ4v) is 5.45. The topological polar surface area (TPSA) is 116 Å². The third kappa shape index (κ3) is 6.70. The SMILES string of the molecule is CC(C)N1CCC(C(=O)NC2(c3ccc(NC(=O)c4cn5c(C(F)(F)F)cccc5n4)cc3)CCC2)CC1.O=CO. The summed E-state index contributed by atoms with van der Waals surface area (Å²) >= 11 is 0. The van der Waals surface area contributed by atoms with Gasteiger partial charge in [0.25, 0.3) is 12.4 Å². The van der Waals surface area contributed by atoms with Gasteiger partial charge >= 0.3 is 6.18 Å². The van der Waals surface area contributed by atoms with Gasteiger partial charge < -0.3 is 20.6 Å². The van der Waals surface area contributed by atoms with Crippen LogP contribution in [0.1, 0.15) is 67.7 Å². The molecule has 2 amide bonds. The van der Waals surface area contributed by atoms with Crippen molar-refractivity contribution >= 4 is 29.6 Å². The van der Waals surface area contributed by atoms with Crippen LogP contribution in [0, 0.1) is 5.92 Å². The highest BCUT2D eigenvalue weighted by atomic mass is 19.4. The van der Waals surface area contributed by atoms with Crippen LogP contribution < -0.4 is 10.6 Å². The maximum Gasteiger partial charge on any atom is 0.431 e. The molecule has 3 N–H and O–H groups in total. The van der Waals surface area contributed by atoms with Crippen molar-refractivity contribution in [2.75, 3.05) is 18.4 Å². The molecule has 0 atom stereocenters. The molecule has 1 aliphatic carbocycles. The van der Waals surface area contributed by atoms with E-state index in [-0.39, 0.29) is 29.6 Å². The number of hydrogen-bond donors (Lipinski definition) is 3. The number of pyridine rings is 1. The van der Waals surface area contributed by atoms with Crippen LogP contribution in [0.25, 0.3) is 5.65 Å². The number of likely N-dealkylation sites (tertiary alicyclic amines) is 1. The number of benzene rings is 1. The van der Waals surface area contributed by atoms with Crippen molar-refractivity contribution in [3.05, 3.63) is 65.6 Å². The summed E-state index contributed by atoms with van der Waals surface area (Å²) in [4.78, 5) is 40.7. The van der Waals surface area contributed by atoms with Crippen LogP contribution in [0.3, 0.4) is 0 Å². The first-order valence-corrected chi connectivity index (χ1v) is 13.6. The lowest BCUT2D eigenvalue weighted by molar-refractivity contribution is -0.142. The highest BCUT2D eigenvalue weighted by Crippen LogP contribution is 2.42. The number of imidazole rings is 1. The molecule has 3 aromatic rings. The number of carboxylic acid groups (broad SMARTS) is 1. The third-order valence-corrected chi connectivity index (χ3v) is 7.91. The summed E-state index contributed by atoms with van der Waals surface area (Å²) in [5, 5.41) is 12.9. The van der Waals surface area contributed by atoms with Crippen molar-refractivity contribution < 1.29 is 32.7 Å². The summed E-state index contributed by atoms with van der Waals surface area (Å²) in [6.45, 7) is 5.97. The Hall–Kier alpha value is -3.93. The Morgan fingerprint density at radius 1 is 1.10 bits per heavy atom. The van der Waals surface area contributed by atoms with Gasteiger partial charge in [-0.15, -0.1) is 0 Å². The summed E-state index contributed by atoms with van der Waals surface area (Å²) in [5.41, 5.74) is 0.106. The first-order valence-electron chi connectivity index (χ1n) is 13.6. The van der Waals surface area contributed by atoms with Gasteiger partial charge in [-0.2, -0.15) is 13.2 Å². The molecule has 0 radical (unpaired) electrons. The summed E-state index contributed by atoms with van der Waals surface area (Å²) in [7, 11) is 0. The molecule has 41 heavy (non-hydrogen) atoms. The van der Waals surface area contributed by atoms with Crippen molar-refractivity contribution in [2.24, 2.45) is 5.92 Å². The molecule has 0 bridgehead atoms. The second kappa shape index (κ2) is 12.3. The van der Waals surface area contributed by atoms with Gasteiger partial charge in [0.15, 0.2) is 0 Å². The van der Waals surface area contributed by atoms with Crippen molar-refractivity contribution in [1.29, 1.82) is 0 Å². The van der Waals surface area contributed by atoms with E-state index in [1.807, 2.05) is 12.1 Å². The average molecular weight is 574 g/mol. The number of rotatable bonds is 6. The Kier molecular flexibility index (Phi) is 9.01. The van der Waals surface area contributed by atoms with Crippen molar-refractivity contribution in [3.63, 3.8) is 0 Å². The second-order valence-electron chi connectivity index (χ2n) is 10.7. The maximum atomic E-state index is 13.3. The Labute approximate surface area is 235 Å². The number of nitrogens with one attached hydrogen (secondary N) is 2. The molecule has 5 rings (SSSR count). The van der Waals surface area contributed by atoms with E-state index in [1.54, 1.807) is 12.1 Å². The monoisotopic (exact) mass is 573 g/mol. The lowest BCUT2D eigenvalue weighted by Gasteiger charge is -2.44. The molecule has 0 spiro atoms. The largest absolute Gasteiger partial charge is 0.483 e. The first-order chi connectivity index (χ1) is 19.5. The quantitative estimate of drug-likeness (QED) is 0.361. The lowest BCUT2D eigenvalue weighted by atomic mass is 9.71. The van der Waals surface area contributed by atoms with E-state index in [9.17, 15) is 22.8 Å². The number of hydrogen-bond acceptors (Lipinski definition) is 5. The van der Waals surface area contributed by atoms with E-state index in [0.717, 1.165) is 67.4 Å². The molecule has 2 aromatic heterocycles. The van der Waals surface area contributed by atoms with Crippen molar-refractivity contribution in [1.82, 2.24) is 19.6 Å². The number of aromatic nitrogens is 2. The van der Waals surface area contributed by atoms with Gasteiger partial charge in [-0.1, -0.05) is 18.2 Å². The lowest BCUT2D eigenvalue weighted by Crippen LogP contribution is -2.53. The molecule has 1 saturated heterocycles. The fourth-order valence-electron chi connectivity index (χ4n) is 5.45. The van der Waals surface area contributed by atoms with Crippen LogP contribution in [0.2, 0.25) is 0 Å². The predicted octanol–water partition coefficient (Wildman–Crippen LogP) is 4.92. The molecule has 3 heterocycles. The van der Waals surface area contributed by atoms with Crippen molar-refractivity contribution in [2.45, 2.75) is 63.7 Å². The molecule has 9 nitrogen and oxygen atoms in total. The number of fused-ring (bicyclic) bond motifs is 1. The molecule has 12 heteroatoms. The molecule has 2 fully saturated rings. The van der Waals surface area contributed by atoms with Crippen LogP contribution in [-0.4, -0.2) is 56.8 Å². The van der Waals surface area contributed by atoms with Crippen molar-refractivity contribution in [3.8, 4) is 0 Å². The molecule has 0 unspecified atom stereocenters. The van der Waals surface area contributed by atoms with Crippen LogP contribution in [0.15, 0.2) is 48.7 Å². The van der Waals surface area contributed by atoms with Crippen LogP contribution in [-0.2, 0) is 21.3 Å². The van der Waals surface area contributed by atoms with Crippen LogP contribution in [0.5, 0.6) is 0 Å². The second-order valence-corrected chi connectivity index (χ2v) is 10.7. The minimum absolute atomic E-state index is 0.0179. The average Bonchev–Trinajstić information content (AvgIpc) is 3.36. The van der Waals surface area contributed by atoms with Gasteiger partial charge in [0, 0.05) is 23.8 Å². The summed E-state index contributed by atoms with van der Waals surface area (Å²) in [5.74, 6) is -0.478. The van der Waals surface area contributed by atoms with Gasteiger partial charge in [0.2, 0.25) is 5.91 Å². The predicted molar refractivity (Wildman–Crippen MR) is 146 cm³/mol. The van der Waals surface area contributed by atoms with Gasteiger partial charge in [-0.25, -0.2) is 4.98 Å². The molecule has 220 valence electrons. The number of amides is 2. The van der Waals surface area contributed by atoms with Crippen LogP contribution >= 0.6 is 0 Å². The minimum atomic E-state index is -4.57. The Morgan fingerprint density at radius 3 is 2.27 bits per heavy atom.